The highest BCUT2D eigenvalue weighted by Crippen LogP contribution is 2.50. The number of likely N-dealkylation sites (tertiary alicyclic amines) is 1. The first kappa shape index (κ1) is 19.5. The second-order valence-corrected chi connectivity index (χ2v) is 10.4. The van der Waals surface area contributed by atoms with Gasteiger partial charge in [-0.15, -0.1) is 22.7 Å². The SMILES string of the molecule is CN1CC[C@@H](c2cc3c(Nc4cc5ncsc5cc4F)ccnc3s2)C12CCOCC2. The standard InChI is InChI=1S/C23H23FN4OS2/c1-28-7-3-15(23(28)4-8-29-9-5-23)20-10-14-17(2-6-25-22(14)31-20)27-18-12-19-21(11-16(18)24)30-13-26-19/h2,6,10-13,15H,3-5,7-9H2,1H3,(H,25,27)/t15-/m0/s1. The number of halogens is 1. The van der Waals surface area contributed by atoms with Gasteiger partial charge in [-0.25, -0.2) is 14.4 Å². The largest absolute Gasteiger partial charge is 0.381 e. The number of anilines is 2. The average molecular weight is 455 g/mol. The lowest BCUT2D eigenvalue weighted by Crippen LogP contribution is -2.49. The molecule has 8 heteroatoms. The minimum Gasteiger partial charge on any atom is -0.381 e. The molecule has 2 aliphatic heterocycles. The topological polar surface area (TPSA) is 50.3 Å². The first-order chi connectivity index (χ1) is 15.1. The number of ether oxygens (including phenoxy) is 1. The molecule has 31 heavy (non-hydrogen) atoms. The van der Waals surface area contributed by atoms with Crippen LogP contribution in [-0.2, 0) is 4.74 Å². The van der Waals surface area contributed by atoms with E-state index in [0.717, 1.165) is 65.1 Å². The number of pyridine rings is 1. The molecule has 1 spiro atoms. The molecule has 0 saturated carbocycles. The van der Waals surface area contributed by atoms with Gasteiger partial charge in [0, 0.05) is 41.1 Å². The van der Waals surface area contributed by atoms with Crippen molar-refractivity contribution in [3.05, 3.63) is 46.7 Å². The third-order valence-corrected chi connectivity index (χ3v) is 8.96. The van der Waals surface area contributed by atoms with Crippen LogP contribution in [0.15, 0.2) is 36.0 Å². The van der Waals surface area contributed by atoms with Crippen LogP contribution < -0.4 is 5.32 Å². The molecule has 1 N–H and O–H groups in total. The van der Waals surface area contributed by atoms with Gasteiger partial charge in [0.25, 0.3) is 0 Å². The normalized spacial score (nSPS) is 21.4. The van der Waals surface area contributed by atoms with Crippen molar-refractivity contribution in [1.29, 1.82) is 0 Å². The molecule has 5 nitrogen and oxygen atoms in total. The van der Waals surface area contributed by atoms with E-state index in [4.69, 9.17) is 4.74 Å². The van der Waals surface area contributed by atoms with E-state index in [1.165, 1.54) is 16.2 Å². The Hall–Kier alpha value is -2.13. The minimum atomic E-state index is -0.268. The van der Waals surface area contributed by atoms with Crippen LogP contribution in [-0.4, -0.2) is 47.2 Å². The second kappa shape index (κ2) is 7.48. The zero-order chi connectivity index (χ0) is 21.0. The molecule has 1 atom stereocenters. The summed E-state index contributed by atoms with van der Waals surface area (Å²) in [6, 6.07) is 7.53. The summed E-state index contributed by atoms with van der Waals surface area (Å²) >= 11 is 3.22. The number of benzene rings is 1. The zero-order valence-corrected chi connectivity index (χ0v) is 18.9. The van der Waals surface area contributed by atoms with Crippen LogP contribution >= 0.6 is 22.7 Å². The first-order valence-electron chi connectivity index (χ1n) is 10.6. The Morgan fingerprint density at radius 3 is 2.94 bits per heavy atom. The monoisotopic (exact) mass is 454 g/mol. The summed E-state index contributed by atoms with van der Waals surface area (Å²) < 4.78 is 21.2. The van der Waals surface area contributed by atoms with E-state index in [2.05, 4.69) is 33.3 Å². The molecule has 3 aromatic heterocycles. The molecule has 2 saturated heterocycles. The summed E-state index contributed by atoms with van der Waals surface area (Å²) in [4.78, 5) is 13.9. The van der Waals surface area contributed by atoms with Crippen molar-refractivity contribution in [1.82, 2.24) is 14.9 Å². The van der Waals surface area contributed by atoms with Gasteiger partial charge in [0.2, 0.25) is 0 Å². The van der Waals surface area contributed by atoms with Crippen LogP contribution in [0.2, 0.25) is 0 Å². The van der Waals surface area contributed by atoms with E-state index >= 15 is 0 Å². The maximum atomic E-state index is 14.7. The van der Waals surface area contributed by atoms with Crippen molar-refractivity contribution in [3.8, 4) is 0 Å². The first-order valence-corrected chi connectivity index (χ1v) is 12.3. The summed E-state index contributed by atoms with van der Waals surface area (Å²) in [5.41, 5.74) is 4.05. The highest BCUT2D eigenvalue weighted by Gasteiger charge is 2.48. The van der Waals surface area contributed by atoms with Crippen LogP contribution in [0.3, 0.4) is 0 Å². The van der Waals surface area contributed by atoms with Crippen molar-refractivity contribution < 1.29 is 9.13 Å². The van der Waals surface area contributed by atoms with E-state index in [1.807, 2.05) is 6.07 Å². The van der Waals surface area contributed by atoms with Gasteiger partial charge in [0.1, 0.15) is 10.6 Å². The van der Waals surface area contributed by atoms with Crippen molar-refractivity contribution in [2.75, 3.05) is 32.1 Å². The van der Waals surface area contributed by atoms with Crippen LogP contribution in [0.4, 0.5) is 15.8 Å². The lowest BCUT2D eigenvalue weighted by Gasteiger charge is -2.43. The summed E-state index contributed by atoms with van der Waals surface area (Å²) in [6.45, 7) is 2.76. The van der Waals surface area contributed by atoms with E-state index in [0.29, 0.717) is 11.6 Å². The van der Waals surface area contributed by atoms with Gasteiger partial charge >= 0.3 is 0 Å². The number of thiophene rings is 1. The number of aromatic nitrogens is 2. The fraction of sp³-hybridized carbons (Fsp3) is 0.391. The maximum absolute atomic E-state index is 14.7. The second-order valence-electron chi connectivity index (χ2n) is 8.48. The summed E-state index contributed by atoms with van der Waals surface area (Å²) in [5.74, 6) is 0.215. The minimum absolute atomic E-state index is 0.175. The Kier molecular flexibility index (Phi) is 4.72. The molecule has 6 rings (SSSR count). The number of nitrogens with one attached hydrogen (secondary N) is 1. The van der Waals surface area contributed by atoms with Crippen LogP contribution in [0.5, 0.6) is 0 Å². The highest BCUT2D eigenvalue weighted by atomic mass is 32.1. The number of hydrogen-bond acceptors (Lipinski definition) is 7. The van der Waals surface area contributed by atoms with E-state index < -0.39 is 0 Å². The van der Waals surface area contributed by atoms with Gasteiger partial charge in [-0.3, -0.25) is 4.90 Å². The Labute approximate surface area is 187 Å². The average Bonchev–Trinajstić information content (AvgIpc) is 3.48. The van der Waals surface area contributed by atoms with Crippen LogP contribution in [0.1, 0.15) is 30.1 Å². The Bertz CT molecular complexity index is 1260. The lowest BCUT2D eigenvalue weighted by molar-refractivity contribution is -0.00532. The Morgan fingerprint density at radius 1 is 1.19 bits per heavy atom. The maximum Gasteiger partial charge on any atom is 0.148 e. The fourth-order valence-electron chi connectivity index (χ4n) is 5.30. The van der Waals surface area contributed by atoms with E-state index in [1.54, 1.807) is 35.2 Å². The molecular weight excluding hydrogens is 431 g/mol. The number of thiazole rings is 1. The Balaban J connectivity index is 1.38. The molecule has 160 valence electrons. The molecule has 5 heterocycles. The molecule has 2 aliphatic rings. The number of likely N-dealkylation sites (N-methyl/N-ethyl adjacent to an activating group) is 1. The van der Waals surface area contributed by atoms with E-state index in [9.17, 15) is 4.39 Å². The molecule has 2 fully saturated rings. The fourth-order valence-corrected chi connectivity index (χ4v) is 7.26. The smallest absolute Gasteiger partial charge is 0.148 e. The quantitative estimate of drug-likeness (QED) is 0.427. The molecular formula is C23H23FN4OS2. The molecule has 0 bridgehead atoms. The molecule has 0 unspecified atom stereocenters. The highest BCUT2D eigenvalue weighted by molar-refractivity contribution is 7.18. The van der Waals surface area contributed by atoms with Gasteiger partial charge in [0.15, 0.2) is 0 Å². The summed E-state index contributed by atoms with van der Waals surface area (Å²) in [7, 11) is 2.25. The molecule has 0 aliphatic carbocycles. The number of hydrogen-bond donors (Lipinski definition) is 1. The number of rotatable bonds is 3. The zero-order valence-electron chi connectivity index (χ0n) is 17.2. The molecule has 0 radical (unpaired) electrons. The third kappa shape index (κ3) is 3.16. The molecule has 1 aromatic carbocycles. The summed E-state index contributed by atoms with van der Waals surface area (Å²) in [6.07, 6.45) is 5.09. The lowest BCUT2D eigenvalue weighted by atomic mass is 9.77. The van der Waals surface area contributed by atoms with Crippen molar-refractivity contribution in [2.24, 2.45) is 0 Å². The summed E-state index contributed by atoms with van der Waals surface area (Å²) in [5, 5.41) is 4.36. The van der Waals surface area contributed by atoms with Crippen molar-refractivity contribution >= 4 is 54.5 Å². The van der Waals surface area contributed by atoms with Crippen LogP contribution in [0, 0.1) is 5.82 Å². The number of fused-ring (bicyclic) bond motifs is 2. The van der Waals surface area contributed by atoms with Crippen molar-refractivity contribution in [3.63, 3.8) is 0 Å². The van der Waals surface area contributed by atoms with Gasteiger partial charge in [-0.05, 0) is 57.1 Å². The predicted octanol–water partition coefficient (Wildman–Crippen LogP) is 5.76. The van der Waals surface area contributed by atoms with Gasteiger partial charge in [-0.1, -0.05) is 0 Å². The molecule has 4 aromatic rings. The van der Waals surface area contributed by atoms with Gasteiger partial charge < -0.3 is 10.1 Å². The Morgan fingerprint density at radius 2 is 2.06 bits per heavy atom. The van der Waals surface area contributed by atoms with Gasteiger partial charge in [0.05, 0.1) is 27.1 Å². The predicted molar refractivity (Wildman–Crippen MR) is 125 cm³/mol. The third-order valence-electron chi connectivity index (χ3n) is 7.01. The molecule has 0 amide bonds. The number of nitrogens with zero attached hydrogens (tertiary/aromatic N) is 3. The van der Waals surface area contributed by atoms with Gasteiger partial charge in [-0.2, -0.15) is 0 Å². The van der Waals surface area contributed by atoms with Crippen molar-refractivity contribution in [2.45, 2.75) is 30.7 Å². The van der Waals surface area contributed by atoms with Crippen LogP contribution in [0.25, 0.3) is 20.4 Å². The van der Waals surface area contributed by atoms with E-state index in [-0.39, 0.29) is 11.4 Å².